The number of nitrogens with zero attached hydrogens (tertiary/aromatic N) is 1. The molecule has 0 saturated heterocycles. The minimum Gasteiger partial charge on any atom is -0.496 e. The first-order valence-corrected chi connectivity index (χ1v) is 5.79. The first kappa shape index (κ1) is 13.8. The number of fused-ring (bicyclic) bond motifs is 1. The number of oxime groups is 1. The van der Waals surface area contributed by atoms with Crippen LogP contribution in [-0.2, 0) is 0 Å². The normalized spacial score (nSPS) is 14.2. The van der Waals surface area contributed by atoms with E-state index in [0.717, 1.165) is 0 Å². The molecule has 0 fully saturated rings. The molecule has 2 rings (SSSR count). The lowest BCUT2D eigenvalue weighted by atomic mass is 9.89. The zero-order valence-electron chi connectivity index (χ0n) is 11.3. The lowest BCUT2D eigenvalue weighted by molar-refractivity contribution is 0.0989. The van der Waals surface area contributed by atoms with Gasteiger partial charge in [-0.25, -0.2) is 0 Å². The minimum absolute atomic E-state index is 0.123. The summed E-state index contributed by atoms with van der Waals surface area (Å²) in [5.41, 5.74) is 0.920. The van der Waals surface area contributed by atoms with E-state index in [1.807, 2.05) is 0 Å². The van der Waals surface area contributed by atoms with Crippen LogP contribution in [0.2, 0.25) is 0 Å². The molecule has 1 aromatic rings. The summed E-state index contributed by atoms with van der Waals surface area (Å²) in [5, 5.41) is 12.0. The summed E-state index contributed by atoms with van der Waals surface area (Å²) in [6.45, 7) is 1.55. The maximum absolute atomic E-state index is 12.1. The van der Waals surface area contributed by atoms with E-state index in [1.54, 1.807) is 6.92 Å². The molecule has 1 N–H and O–H groups in total. The summed E-state index contributed by atoms with van der Waals surface area (Å²) in [5.74, 6) is -0.262. The van der Waals surface area contributed by atoms with Gasteiger partial charge in [0.2, 0.25) is 0 Å². The van der Waals surface area contributed by atoms with E-state index in [9.17, 15) is 9.59 Å². The van der Waals surface area contributed by atoms with Crippen molar-refractivity contribution >= 4 is 17.3 Å². The van der Waals surface area contributed by atoms with E-state index in [0.29, 0.717) is 5.56 Å². The van der Waals surface area contributed by atoms with E-state index in [1.165, 1.54) is 32.4 Å². The third kappa shape index (κ3) is 1.95. The zero-order chi connectivity index (χ0) is 14.9. The predicted octanol–water partition coefficient (Wildman–Crippen LogP) is 1.84. The molecule has 0 unspecified atom stereocenters. The smallest absolute Gasteiger partial charge is 0.190 e. The summed E-state index contributed by atoms with van der Waals surface area (Å²) in [4.78, 5) is 24.0. The highest BCUT2D eigenvalue weighted by Gasteiger charge is 2.30. The molecule has 0 spiro atoms. The van der Waals surface area contributed by atoms with Crippen LogP contribution in [0.25, 0.3) is 0 Å². The Morgan fingerprint density at radius 3 is 2.20 bits per heavy atom. The van der Waals surface area contributed by atoms with Crippen LogP contribution >= 0.6 is 0 Å². The van der Waals surface area contributed by atoms with Gasteiger partial charge in [0.05, 0.1) is 31.1 Å². The van der Waals surface area contributed by atoms with Crippen LogP contribution in [0, 0.1) is 0 Å². The number of ether oxygens (including phenoxy) is 2. The number of ketones is 2. The van der Waals surface area contributed by atoms with E-state index >= 15 is 0 Å². The molecule has 20 heavy (non-hydrogen) atoms. The molecule has 1 aliphatic carbocycles. The molecule has 0 bridgehead atoms. The van der Waals surface area contributed by atoms with Gasteiger partial charge in [0.1, 0.15) is 11.5 Å². The van der Waals surface area contributed by atoms with Gasteiger partial charge in [-0.1, -0.05) is 5.16 Å². The quantitative estimate of drug-likeness (QED) is 0.517. The summed E-state index contributed by atoms with van der Waals surface area (Å²) in [6.07, 6.45) is 2.38. The molecule has 1 aromatic carbocycles. The summed E-state index contributed by atoms with van der Waals surface area (Å²) < 4.78 is 10.4. The van der Waals surface area contributed by atoms with E-state index in [2.05, 4.69) is 5.16 Å². The monoisotopic (exact) mass is 275 g/mol. The fourth-order valence-corrected chi connectivity index (χ4v) is 2.13. The lowest BCUT2D eigenvalue weighted by Gasteiger charge is -2.19. The Morgan fingerprint density at radius 1 is 1.10 bits per heavy atom. The summed E-state index contributed by atoms with van der Waals surface area (Å²) in [6, 6.07) is 1.51. The number of hydrogen-bond donors (Lipinski definition) is 1. The number of carbonyl (C=O) groups excluding carboxylic acids is 2. The van der Waals surface area contributed by atoms with Gasteiger partial charge >= 0.3 is 0 Å². The number of methoxy groups -OCH3 is 2. The van der Waals surface area contributed by atoms with Crippen molar-refractivity contribution in [2.75, 3.05) is 14.2 Å². The number of allylic oxidation sites excluding steroid dienone is 2. The highest BCUT2D eigenvalue weighted by molar-refractivity contribution is 6.25. The fraction of sp³-hybridized carbons (Fsp3) is 0.214. The Balaban J connectivity index is 2.89. The fourth-order valence-electron chi connectivity index (χ4n) is 2.13. The van der Waals surface area contributed by atoms with Gasteiger partial charge in [-0.2, -0.15) is 0 Å². The van der Waals surface area contributed by atoms with Crippen molar-refractivity contribution in [1.29, 1.82) is 0 Å². The van der Waals surface area contributed by atoms with E-state index in [-0.39, 0.29) is 39.9 Å². The molecule has 0 amide bonds. The Bertz CT molecular complexity index is 658. The van der Waals surface area contributed by atoms with Gasteiger partial charge in [-0.15, -0.1) is 0 Å². The predicted molar refractivity (Wildman–Crippen MR) is 71.3 cm³/mol. The van der Waals surface area contributed by atoms with Crippen LogP contribution < -0.4 is 9.47 Å². The van der Waals surface area contributed by atoms with E-state index < -0.39 is 0 Å². The molecule has 0 heterocycles. The van der Waals surface area contributed by atoms with Crippen molar-refractivity contribution in [2.45, 2.75) is 6.92 Å². The molecule has 1 aliphatic rings. The molecule has 0 saturated carbocycles. The van der Waals surface area contributed by atoms with Crippen LogP contribution in [0.5, 0.6) is 11.5 Å². The summed E-state index contributed by atoms with van der Waals surface area (Å²) >= 11 is 0. The molecule has 6 nitrogen and oxygen atoms in total. The number of benzene rings is 1. The molecule has 0 aliphatic heterocycles. The van der Waals surface area contributed by atoms with Crippen molar-refractivity contribution in [1.82, 2.24) is 0 Å². The standard InChI is InChI=1S/C14H13NO5/c1-7(15-18)8-6-11(19-2)12-9(16)4-5-10(17)13(12)14(8)20-3/h4-6,18H,1-3H3. The third-order valence-electron chi connectivity index (χ3n) is 3.09. The van der Waals surface area contributed by atoms with Crippen LogP contribution in [0.15, 0.2) is 23.4 Å². The second-order valence-corrected chi connectivity index (χ2v) is 4.16. The third-order valence-corrected chi connectivity index (χ3v) is 3.09. The van der Waals surface area contributed by atoms with Gasteiger partial charge in [0.15, 0.2) is 11.6 Å². The second-order valence-electron chi connectivity index (χ2n) is 4.16. The van der Waals surface area contributed by atoms with Crippen LogP contribution in [0.3, 0.4) is 0 Å². The highest BCUT2D eigenvalue weighted by Crippen LogP contribution is 2.37. The maximum atomic E-state index is 12.1. The van der Waals surface area contributed by atoms with E-state index in [4.69, 9.17) is 14.7 Å². The summed E-state index contributed by atoms with van der Waals surface area (Å²) in [7, 11) is 2.78. The van der Waals surface area contributed by atoms with Gasteiger partial charge < -0.3 is 14.7 Å². The first-order valence-electron chi connectivity index (χ1n) is 5.79. The van der Waals surface area contributed by atoms with Crippen molar-refractivity contribution in [3.8, 4) is 11.5 Å². The maximum Gasteiger partial charge on any atom is 0.190 e. The molecule has 0 radical (unpaired) electrons. The number of hydrogen-bond acceptors (Lipinski definition) is 6. The second kappa shape index (κ2) is 5.16. The first-order chi connectivity index (χ1) is 9.54. The Labute approximate surface area is 115 Å². The highest BCUT2D eigenvalue weighted by atomic mass is 16.5. The van der Waals surface area contributed by atoms with Crippen LogP contribution in [0.1, 0.15) is 33.2 Å². The van der Waals surface area contributed by atoms with Crippen molar-refractivity contribution in [3.05, 3.63) is 34.9 Å². The van der Waals surface area contributed by atoms with Crippen molar-refractivity contribution in [3.63, 3.8) is 0 Å². The SMILES string of the molecule is COc1cc(C(C)=NO)c(OC)c2c1C(=O)C=CC2=O. The molecule has 0 aromatic heterocycles. The van der Waals surface area contributed by atoms with Gasteiger partial charge in [-0.3, -0.25) is 9.59 Å². The van der Waals surface area contributed by atoms with Crippen molar-refractivity contribution < 1.29 is 24.3 Å². The molecule has 6 heteroatoms. The van der Waals surface area contributed by atoms with Gasteiger partial charge in [0, 0.05) is 5.56 Å². The molecule has 0 atom stereocenters. The zero-order valence-corrected chi connectivity index (χ0v) is 11.3. The Morgan fingerprint density at radius 2 is 1.70 bits per heavy atom. The van der Waals surface area contributed by atoms with Gasteiger partial charge in [-0.05, 0) is 25.1 Å². The molecular formula is C14H13NO5. The molecule has 104 valence electrons. The van der Waals surface area contributed by atoms with Crippen LogP contribution in [0.4, 0.5) is 0 Å². The van der Waals surface area contributed by atoms with Gasteiger partial charge in [0.25, 0.3) is 0 Å². The minimum atomic E-state index is -0.359. The van der Waals surface area contributed by atoms with Crippen LogP contribution in [-0.4, -0.2) is 36.7 Å². The largest absolute Gasteiger partial charge is 0.496 e. The lowest BCUT2D eigenvalue weighted by Crippen LogP contribution is -2.17. The molecular weight excluding hydrogens is 262 g/mol. The topological polar surface area (TPSA) is 85.2 Å². The average Bonchev–Trinajstić information content (AvgIpc) is 2.48. The number of rotatable bonds is 3. The average molecular weight is 275 g/mol. The Kier molecular flexibility index (Phi) is 3.56. The number of carbonyl (C=O) groups is 2. The van der Waals surface area contributed by atoms with Crippen molar-refractivity contribution in [2.24, 2.45) is 5.16 Å². The Hall–Kier alpha value is -2.63.